The monoisotopic (exact) mass is 430 g/mol. The molecule has 0 spiro atoms. The van der Waals surface area contributed by atoms with Gasteiger partial charge >= 0.3 is 0 Å². The number of H-pyrrole nitrogens is 1. The molecule has 4 rings (SSSR count). The molecule has 0 atom stereocenters. The van der Waals surface area contributed by atoms with Crippen molar-refractivity contribution in [3.05, 3.63) is 81.8 Å². The predicted octanol–water partition coefficient (Wildman–Crippen LogP) is 4.57. The molecule has 4 aromatic rings. The molecule has 0 aliphatic rings. The quantitative estimate of drug-likeness (QED) is 0.353. The van der Waals surface area contributed by atoms with E-state index in [1.165, 1.54) is 17.3 Å². The van der Waals surface area contributed by atoms with Crippen LogP contribution in [0.2, 0.25) is 0 Å². The number of thioether (sulfide) groups is 1. The number of benzene rings is 2. The van der Waals surface area contributed by atoms with Gasteiger partial charge in [-0.15, -0.1) is 0 Å². The second-order valence-corrected chi connectivity index (χ2v) is 7.73. The molecule has 1 N–H and O–H groups in total. The summed E-state index contributed by atoms with van der Waals surface area (Å²) in [6, 6.07) is 18.9. The van der Waals surface area contributed by atoms with E-state index in [4.69, 9.17) is 9.26 Å². The summed E-state index contributed by atoms with van der Waals surface area (Å²) in [4.78, 5) is 19.6. The van der Waals surface area contributed by atoms with Crippen LogP contribution in [0.3, 0.4) is 0 Å². The zero-order chi connectivity index (χ0) is 21.8. The molecule has 31 heavy (non-hydrogen) atoms. The molecule has 0 aliphatic carbocycles. The molecule has 0 amide bonds. The highest BCUT2D eigenvalue weighted by atomic mass is 32.2. The van der Waals surface area contributed by atoms with E-state index >= 15 is 0 Å². The molecule has 2 aromatic heterocycles. The first-order chi connectivity index (χ1) is 15.1. The van der Waals surface area contributed by atoms with Crippen molar-refractivity contribution in [2.75, 3.05) is 7.11 Å². The highest BCUT2D eigenvalue weighted by Crippen LogP contribution is 2.27. The van der Waals surface area contributed by atoms with Crippen molar-refractivity contribution >= 4 is 11.8 Å². The summed E-state index contributed by atoms with van der Waals surface area (Å²) in [5.41, 5.74) is 3.36. The third kappa shape index (κ3) is 4.52. The molecular weight excluding hydrogens is 412 g/mol. The molecule has 0 unspecified atom stereocenters. The Morgan fingerprint density at radius 2 is 1.84 bits per heavy atom. The van der Waals surface area contributed by atoms with Crippen molar-refractivity contribution in [2.45, 2.75) is 17.8 Å². The molecule has 0 saturated heterocycles. The van der Waals surface area contributed by atoms with Crippen LogP contribution in [0.15, 0.2) is 69.1 Å². The van der Waals surface area contributed by atoms with Gasteiger partial charge in [0.15, 0.2) is 5.16 Å². The fraction of sp³-hybridized carbons (Fsp3) is 0.130. The van der Waals surface area contributed by atoms with Gasteiger partial charge in [-0.1, -0.05) is 46.7 Å². The van der Waals surface area contributed by atoms with Gasteiger partial charge in [0.2, 0.25) is 0 Å². The number of hydrogen-bond acceptors (Lipinski definition) is 7. The van der Waals surface area contributed by atoms with Gasteiger partial charge in [-0.3, -0.25) is 4.79 Å². The van der Waals surface area contributed by atoms with Crippen molar-refractivity contribution in [3.63, 3.8) is 0 Å². The number of hydrogen-bond donors (Lipinski definition) is 1. The summed E-state index contributed by atoms with van der Waals surface area (Å²) in [7, 11) is 1.57. The van der Waals surface area contributed by atoms with E-state index < -0.39 is 5.56 Å². The van der Waals surface area contributed by atoms with Crippen molar-refractivity contribution in [1.29, 1.82) is 5.26 Å². The number of nitrogens with one attached hydrogen (secondary N) is 1. The maximum atomic E-state index is 12.4. The number of aryl methyl sites for hydroxylation is 1. The van der Waals surface area contributed by atoms with Crippen molar-refractivity contribution in [3.8, 4) is 34.3 Å². The summed E-state index contributed by atoms with van der Waals surface area (Å²) in [5, 5.41) is 13.9. The van der Waals surface area contributed by atoms with Gasteiger partial charge in [-0.05, 0) is 31.2 Å². The number of aromatic amines is 1. The Balaban J connectivity index is 1.56. The highest BCUT2D eigenvalue weighted by Gasteiger charge is 2.15. The minimum Gasteiger partial charge on any atom is -0.497 e. The first-order valence-corrected chi connectivity index (χ1v) is 10.4. The Morgan fingerprint density at radius 1 is 1.13 bits per heavy atom. The van der Waals surface area contributed by atoms with Crippen LogP contribution in [-0.2, 0) is 5.75 Å². The Kier molecular flexibility index (Phi) is 5.87. The van der Waals surface area contributed by atoms with Gasteiger partial charge in [0.1, 0.15) is 28.8 Å². The number of nitrogens with zero attached hydrogens (tertiary/aromatic N) is 3. The second kappa shape index (κ2) is 8.90. The molecule has 8 heteroatoms. The second-order valence-electron chi connectivity index (χ2n) is 6.77. The Hall–Kier alpha value is -3.83. The summed E-state index contributed by atoms with van der Waals surface area (Å²) in [5.74, 6) is 1.76. The van der Waals surface area contributed by atoms with Crippen molar-refractivity contribution in [2.24, 2.45) is 0 Å². The average molecular weight is 430 g/mol. The SMILES string of the molecule is COc1ccc(-c2nc(SCc3cc(-c4ccc(C)cc4)no3)[nH]c(=O)c2C#N)cc1. The molecule has 0 fully saturated rings. The molecule has 2 aromatic carbocycles. The average Bonchev–Trinajstić information content (AvgIpc) is 3.27. The third-order valence-electron chi connectivity index (χ3n) is 4.63. The van der Waals surface area contributed by atoms with E-state index in [0.29, 0.717) is 33.7 Å². The summed E-state index contributed by atoms with van der Waals surface area (Å²) < 4.78 is 10.6. The lowest BCUT2D eigenvalue weighted by atomic mass is 10.1. The van der Waals surface area contributed by atoms with Crippen molar-refractivity contribution < 1.29 is 9.26 Å². The van der Waals surface area contributed by atoms with Gasteiger partial charge in [-0.2, -0.15) is 5.26 Å². The van der Waals surface area contributed by atoms with Crippen LogP contribution < -0.4 is 10.3 Å². The Labute approximate surface area is 182 Å². The molecular formula is C23H18N4O3S. The van der Waals surface area contributed by atoms with Gasteiger partial charge in [0, 0.05) is 17.2 Å². The lowest BCUT2D eigenvalue weighted by Gasteiger charge is -2.07. The number of nitriles is 1. The van der Waals surface area contributed by atoms with E-state index in [0.717, 1.165) is 11.3 Å². The van der Waals surface area contributed by atoms with E-state index in [2.05, 4.69) is 15.1 Å². The van der Waals surface area contributed by atoms with E-state index in [1.807, 2.05) is 43.3 Å². The summed E-state index contributed by atoms with van der Waals surface area (Å²) in [6.45, 7) is 2.03. The van der Waals surface area contributed by atoms with Gasteiger partial charge in [0.05, 0.1) is 18.6 Å². The van der Waals surface area contributed by atoms with Gasteiger partial charge in [0.25, 0.3) is 5.56 Å². The zero-order valence-electron chi connectivity index (χ0n) is 16.9. The maximum absolute atomic E-state index is 12.4. The number of ether oxygens (including phenoxy) is 1. The molecule has 0 radical (unpaired) electrons. The standard InChI is InChI=1S/C23H18N4O3S/c1-14-3-5-15(6-4-14)20-11-18(30-27-20)13-31-23-25-21(19(12-24)22(28)26-23)16-7-9-17(29-2)10-8-16/h3-11H,13H2,1-2H3,(H,25,26,28). The molecule has 154 valence electrons. The fourth-order valence-corrected chi connectivity index (χ4v) is 3.70. The van der Waals surface area contributed by atoms with Crippen LogP contribution in [0.5, 0.6) is 5.75 Å². The van der Waals surface area contributed by atoms with Crippen LogP contribution in [-0.4, -0.2) is 22.2 Å². The number of rotatable bonds is 6. The van der Waals surface area contributed by atoms with E-state index in [-0.39, 0.29) is 5.56 Å². The molecule has 2 heterocycles. The lowest BCUT2D eigenvalue weighted by molar-refractivity contribution is 0.397. The Bertz CT molecular complexity index is 1300. The van der Waals surface area contributed by atoms with Crippen LogP contribution in [0.25, 0.3) is 22.5 Å². The minimum atomic E-state index is -0.483. The first kappa shape index (κ1) is 20.4. The fourth-order valence-electron chi connectivity index (χ4n) is 2.96. The van der Waals surface area contributed by atoms with E-state index in [1.54, 1.807) is 31.4 Å². The molecule has 0 aliphatic heterocycles. The molecule has 0 bridgehead atoms. The van der Waals surface area contributed by atoms with Crippen LogP contribution in [0.1, 0.15) is 16.9 Å². The number of aromatic nitrogens is 3. The zero-order valence-corrected chi connectivity index (χ0v) is 17.7. The van der Waals surface area contributed by atoms with Crippen molar-refractivity contribution in [1.82, 2.24) is 15.1 Å². The minimum absolute atomic E-state index is 0.0316. The van der Waals surface area contributed by atoms with E-state index in [9.17, 15) is 10.1 Å². The molecule has 0 saturated carbocycles. The highest BCUT2D eigenvalue weighted by molar-refractivity contribution is 7.98. The molecule has 7 nitrogen and oxygen atoms in total. The first-order valence-electron chi connectivity index (χ1n) is 9.41. The summed E-state index contributed by atoms with van der Waals surface area (Å²) in [6.07, 6.45) is 0. The normalized spacial score (nSPS) is 10.6. The summed E-state index contributed by atoms with van der Waals surface area (Å²) >= 11 is 1.30. The lowest BCUT2D eigenvalue weighted by Crippen LogP contribution is -2.14. The number of methoxy groups -OCH3 is 1. The van der Waals surface area contributed by atoms with Crippen LogP contribution >= 0.6 is 11.8 Å². The topological polar surface area (TPSA) is 105 Å². The smallest absolute Gasteiger partial charge is 0.270 e. The van der Waals surface area contributed by atoms with Gasteiger partial charge in [-0.25, -0.2) is 4.98 Å². The largest absolute Gasteiger partial charge is 0.497 e. The van der Waals surface area contributed by atoms with Gasteiger partial charge < -0.3 is 14.2 Å². The third-order valence-corrected chi connectivity index (χ3v) is 5.53. The van der Waals surface area contributed by atoms with Crippen LogP contribution in [0.4, 0.5) is 0 Å². The maximum Gasteiger partial charge on any atom is 0.270 e. The predicted molar refractivity (Wildman–Crippen MR) is 118 cm³/mol. The Morgan fingerprint density at radius 3 is 2.52 bits per heavy atom. The van der Waals surface area contributed by atoms with Crippen LogP contribution in [0, 0.1) is 18.3 Å².